The first-order valence-corrected chi connectivity index (χ1v) is 10.2. The number of para-hydroxylation sites is 2. The fourth-order valence-electron chi connectivity index (χ4n) is 3.54. The van der Waals surface area contributed by atoms with E-state index in [0.717, 1.165) is 11.3 Å². The highest BCUT2D eigenvalue weighted by atomic mass is 32.1. The predicted octanol–water partition coefficient (Wildman–Crippen LogP) is 2.98. The normalized spacial score (nSPS) is 18.3. The van der Waals surface area contributed by atoms with E-state index >= 15 is 0 Å². The molecule has 2 aliphatic rings. The van der Waals surface area contributed by atoms with Crippen molar-refractivity contribution in [3.8, 4) is 11.5 Å². The minimum atomic E-state index is -0.600. The van der Waals surface area contributed by atoms with Gasteiger partial charge in [-0.1, -0.05) is 24.3 Å². The van der Waals surface area contributed by atoms with Crippen molar-refractivity contribution in [2.75, 3.05) is 38.1 Å². The molecule has 0 bridgehead atoms. The highest BCUT2D eigenvalue weighted by molar-refractivity contribution is 7.80. The Morgan fingerprint density at radius 2 is 1.72 bits per heavy atom. The van der Waals surface area contributed by atoms with E-state index < -0.39 is 6.10 Å². The smallest absolute Gasteiger partial charge is 0.267 e. The molecule has 1 atom stereocenters. The fraction of sp³-hybridized carbons (Fsp3) is 0.364. The molecule has 0 aromatic heterocycles. The van der Waals surface area contributed by atoms with Crippen LogP contribution in [0.2, 0.25) is 0 Å². The van der Waals surface area contributed by atoms with E-state index in [4.69, 9.17) is 21.7 Å². The fourth-order valence-corrected chi connectivity index (χ4v) is 3.83. The van der Waals surface area contributed by atoms with Gasteiger partial charge in [0, 0.05) is 31.9 Å². The summed E-state index contributed by atoms with van der Waals surface area (Å²) in [7, 11) is 0. The van der Waals surface area contributed by atoms with Gasteiger partial charge in [0.05, 0.1) is 0 Å². The predicted molar refractivity (Wildman–Crippen MR) is 117 cm³/mol. The lowest BCUT2D eigenvalue weighted by atomic mass is 10.1. The molecule has 0 saturated carbocycles. The zero-order valence-corrected chi connectivity index (χ0v) is 17.5. The van der Waals surface area contributed by atoms with Crippen LogP contribution >= 0.6 is 12.2 Å². The Balaban J connectivity index is 1.32. The summed E-state index contributed by atoms with van der Waals surface area (Å²) >= 11 is 5.60. The van der Waals surface area contributed by atoms with Crippen molar-refractivity contribution >= 4 is 28.9 Å². The van der Waals surface area contributed by atoms with Gasteiger partial charge in [-0.3, -0.25) is 4.79 Å². The molecular formula is C22H25N3O3S. The summed E-state index contributed by atoms with van der Waals surface area (Å²) in [6.45, 7) is 6.95. The second-order valence-corrected chi connectivity index (χ2v) is 7.81. The number of aryl methyl sites for hydroxylation is 2. The van der Waals surface area contributed by atoms with Gasteiger partial charge in [0.15, 0.2) is 16.6 Å². The maximum Gasteiger partial charge on any atom is 0.267 e. The number of nitrogens with zero attached hydrogens (tertiary/aromatic N) is 2. The van der Waals surface area contributed by atoms with E-state index in [1.54, 1.807) is 0 Å². The summed E-state index contributed by atoms with van der Waals surface area (Å²) in [5, 5.41) is 4.04. The molecule has 6 nitrogen and oxygen atoms in total. The van der Waals surface area contributed by atoms with Gasteiger partial charge in [-0.15, -0.1) is 0 Å². The number of anilines is 1. The highest BCUT2D eigenvalue weighted by Gasteiger charge is 2.33. The monoisotopic (exact) mass is 411 g/mol. The van der Waals surface area contributed by atoms with Crippen LogP contribution in [0.1, 0.15) is 11.1 Å². The molecule has 1 fully saturated rings. The second-order valence-electron chi connectivity index (χ2n) is 7.43. The SMILES string of the molecule is Cc1ccc(C)c(NC(=S)N2CCN(C(=O)C3COc4ccccc4O3)CC2)c1. The van der Waals surface area contributed by atoms with Gasteiger partial charge in [0.1, 0.15) is 6.61 Å². The number of nitrogens with one attached hydrogen (secondary N) is 1. The largest absolute Gasteiger partial charge is 0.485 e. The molecule has 0 spiro atoms. The summed E-state index contributed by atoms with van der Waals surface area (Å²) < 4.78 is 11.5. The van der Waals surface area contributed by atoms with Gasteiger partial charge in [0.25, 0.3) is 5.91 Å². The Kier molecular flexibility index (Phi) is 5.58. The topological polar surface area (TPSA) is 54.0 Å². The molecule has 152 valence electrons. The van der Waals surface area contributed by atoms with Crippen LogP contribution < -0.4 is 14.8 Å². The van der Waals surface area contributed by atoms with Crippen LogP contribution in [-0.4, -0.2) is 59.7 Å². The molecule has 0 aliphatic carbocycles. The lowest BCUT2D eigenvalue weighted by Gasteiger charge is -2.38. The quantitative estimate of drug-likeness (QED) is 0.767. The van der Waals surface area contributed by atoms with Crippen LogP contribution in [0.3, 0.4) is 0 Å². The summed E-state index contributed by atoms with van der Waals surface area (Å²) in [6.07, 6.45) is -0.600. The number of fused-ring (bicyclic) bond motifs is 1. The van der Waals surface area contributed by atoms with Crippen molar-refractivity contribution in [2.24, 2.45) is 0 Å². The number of rotatable bonds is 2. The van der Waals surface area contributed by atoms with Crippen molar-refractivity contribution in [1.82, 2.24) is 9.80 Å². The Labute approximate surface area is 176 Å². The molecule has 1 saturated heterocycles. The Morgan fingerprint density at radius 3 is 2.48 bits per heavy atom. The van der Waals surface area contributed by atoms with Crippen molar-refractivity contribution in [2.45, 2.75) is 20.0 Å². The summed E-state index contributed by atoms with van der Waals surface area (Å²) in [5.41, 5.74) is 3.37. The lowest BCUT2D eigenvalue weighted by molar-refractivity contribution is -0.142. The third kappa shape index (κ3) is 4.29. The van der Waals surface area contributed by atoms with E-state index in [9.17, 15) is 4.79 Å². The molecular weight excluding hydrogens is 386 g/mol. The molecule has 1 amide bonds. The number of carbonyl (C=O) groups is 1. The highest BCUT2D eigenvalue weighted by Crippen LogP contribution is 2.31. The minimum Gasteiger partial charge on any atom is -0.485 e. The van der Waals surface area contributed by atoms with Crippen LogP contribution in [0.4, 0.5) is 5.69 Å². The first kappa shape index (κ1) is 19.5. The van der Waals surface area contributed by atoms with Gasteiger partial charge >= 0.3 is 0 Å². The first-order valence-electron chi connectivity index (χ1n) is 9.82. The number of hydrogen-bond acceptors (Lipinski definition) is 4. The third-order valence-corrected chi connectivity index (χ3v) is 5.66. The van der Waals surface area contributed by atoms with Crippen molar-refractivity contribution in [3.05, 3.63) is 53.6 Å². The molecule has 4 rings (SSSR count). The number of benzene rings is 2. The molecule has 2 heterocycles. The Bertz CT molecular complexity index is 925. The van der Waals surface area contributed by atoms with E-state index in [0.29, 0.717) is 42.8 Å². The maximum absolute atomic E-state index is 12.9. The van der Waals surface area contributed by atoms with Gasteiger partial charge in [0.2, 0.25) is 6.10 Å². The van der Waals surface area contributed by atoms with E-state index in [1.165, 1.54) is 5.56 Å². The second kappa shape index (κ2) is 8.29. The number of amides is 1. The van der Waals surface area contributed by atoms with Gasteiger partial charge in [-0.25, -0.2) is 0 Å². The van der Waals surface area contributed by atoms with Crippen LogP contribution in [0, 0.1) is 13.8 Å². The number of carbonyl (C=O) groups excluding carboxylic acids is 1. The van der Waals surface area contributed by atoms with Crippen molar-refractivity contribution in [1.29, 1.82) is 0 Å². The van der Waals surface area contributed by atoms with Gasteiger partial charge < -0.3 is 24.6 Å². The van der Waals surface area contributed by atoms with E-state index in [-0.39, 0.29) is 12.5 Å². The summed E-state index contributed by atoms with van der Waals surface area (Å²) in [5.74, 6) is 1.27. The van der Waals surface area contributed by atoms with Gasteiger partial charge in [-0.05, 0) is 55.4 Å². The van der Waals surface area contributed by atoms with Crippen molar-refractivity contribution < 1.29 is 14.3 Å². The van der Waals surface area contributed by atoms with E-state index in [2.05, 4.69) is 42.3 Å². The van der Waals surface area contributed by atoms with E-state index in [1.807, 2.05) is 29.2 Å². The molecule has 29 heavy (non-hydrogen) atoms. The average molecular weight is 412 g/mol. The Morgan fingerprint density at radius 1 is 1.03 bits per heavy atom. The standard InChI is InChI=1S/C22H25N3O3S/c1-15-7-8-16(2)17(13-15)23-22(29)25-11-9-24(10-12-25)21(26)20-14-27-18-5-3-4-6-19(18)28-20/h3-8,13,20H,9-12,14H2,1-2H3,(H,23,29). The summed E-state index contributed by atoms with van der Waals surface area (Å²) in [4.78, 5) is 16.8. The number of thiocarbonyl (C=S) groups is 1. The number of hydrogen-bond donors (Lipinski definition) is 1. The third-order valence-electron chi connectivity index (χ3n) is 5.30. The van der Waals surface area contributed by atoms with Crippen LogP contribution in [0.5, 0.6) is 11.5 Å². The molecule has 1 unspecified atom stereocenters. The zero-order chi connectivity index (χ0) is 20.4. The maximum atomic E-state index is 12.9. The summed E-state index contributed by atoms with van der Waals surface area (Å²) in [6, 6.07) is 13.7. The van der Waals surface area contributed by atoms with Crippen LogP contribution in [-0.2, 0) is 4.79 Å². The zero-order valence-electron chi connectivity index (χ0n) is 16.7. The van der Waals surface area contributed by atoms with Crippen LogP contribution in [0.15, 0.2) is 42.5 Å². The van der Waals surface area contributed by atoms with Gasteiger partial charge in [-0.2, -0.15) is 0 Å². The Hall–Kier alpha value is -2.80. The molecule has 0 radical (unpaired) electrons. The first-order chi connectivity index (χ1) is 14.0. The lowest BCUT2D eigenvalue weighted by Crippen LogP contribution is -2.55. The average Bonchev–Trinajstić information content (AvgIpc) is 2.75. The molecule has 1 N–H and O–H groups in total. The van der Waals surface area contributed by atoms with Crippen LogP contribution in [0.25, 0.3) is 0 Å². The minimum absolute atomic E-state index is 0.0347. The number of ether oxygens (including phenoxy) is 2. The number of piperazine rings is 1. The molecule has 7 heteroatoms. The molecule has 2 aliphatic heterocycles. The molecule has 2 aromatic carbocycles. The van der Waals surface area contributed by atoms with Crippen molar-refractivity contribution in [3.63, 3.8) is 0 Å². The molecule has 2 aromatic rings.